The highest BCUT2D eigenvalue weighted by atomic mass is 35.5. The van der Waals surface area contributed by atoms with Crippen molar-refractivity contribution in [3.05, 3.63) is 130 Å². The Balaban J connectivity index is 1.86. The van der Waals surface area contributed by atoms with Crippen LogP contribution in [0, 0.1) is 13.8 Å². The zero-order valence-corrected chi connectivity index (χ0v) is 28.5. The molecular formula is C36H37ClF3N3O4S. The van der Waals surface area contributed by atoms with Gasteiger partial charge in [-0.15, -0.1) is 0 Å². The molecule has 0 heterocycles. The van der Waals surface area contributed by atoms with E-state index in [-0.39, 0.29) is 23.9 Å². The predicted octanol–water partition coefficient (Wildman–Crippen LogP) is 7.34. The van der Waals surface area contributed by atoms with Crippen LogP contribution in [0.5, 0.6) is 0 Å². The van der Waals surface area contributed by atoms with Crippen LogP contribution in [0.4, 0.5) is 18.9 Å². The molecule has 7 nitrogen and oxygen atoms in total. The molecule has 0 aromatic heterocycles. The highest BCUT2D eigenvalue weighted by molar-refractivity contribution is 7.92. The average Bonchev–Trinajstić information content (AvgIpc) is 3.02. The number of carbonyl (C=O) groups is 2. The van der Waals surface area contributed by atoms with Crippen LogP contribution in [0.25, 0.3) is 0 Å². The van der Waals surface area contributed by atoms with Crippen molar-refractivity contribution in [3.63, 3.8) is 0 Å². The minimum Gasteiger partial charge on any atom is -0.352 e. The van der Waals surface area contributed by atoms with E-state index in [1.54, 1.807) is 57.2 Å². The van der Waals surface area contributed by atoms with E-state index in [4.69, 9.17) is 11.6 Å². The van der Waals surface area contributed by atoms with Gasteiger partial charge in [0.05, 0.1) is 21.2 Å². The minimum atomic E-state index is -4.90. The van der Waals surface area contributed by atoms with Crippen molar-refractivity contribution < 1.29 is 31.2 Å². The van der Waals surface area contributed by atoms with Gasteiger partial charge in [0.25, 0.3) is 10.0 Å². The zero-order valence-electron chi connectivity index (χ0n) is 27.0. The molecule has 0 bridgehead atoms. The summed E-state index contributed by atoms with van der Waals surface area (Å²) in [6.07, 6.45) is -4.80. The number of benzene rings is 4. The summed E-state index contributed by atoms with van der Waals surface area (Å²) in [4.78, 5) is 29.3. The Bertz CT molecular complexity index is 1830. The third kappa shape index (κ3) is 9.17. The lowest BCUT2D eigenvalue weighted by atomic mass is 10.0. The summed E-state index contributed by atoms with van der Waals surface area (Å²) in [7, 11) is -4.60. The number of alkyl halides is 3. The Morgan fingerprint density at radius 2 is 1.42 bits per heavy atom. The molecule has 0 spiro atoms. The third-order valence-corrected chi connectivity index (χ3v) is 9.72. The normalized spacial score (nSPS) is 12.4. The maximum atomic E-state index is 14.5. The van der Waals surface area contributed by atoms with E-state index in [9.17, 15) is 31.2 Å². The minimum absolute atomic E-state index is 0.0744. The van der Waals surface area contributed by atoms with Crippen molar-refractivity contribution >= 4 is 39.1 Å². The van der Waals surface area contributed by atoms with E-state index < -0.39 is 56.9 Å². The fourth-order valence-electron chi connectivity index (χ4n) is 5.08. The molecule has 0 unspecified atom stereocenters. The number of hydrogen-bond donors (Lipinski definition) is 1. The number of nitrogens with one attached hydrogen (secondary N) is 1. The number of rotatable bonds is 12. The van der Waals surface area contributed by atoms with Gasteiger partial charge in [-0.3, -0.25) is 13.9 Å². The summed E-state index contributed by atoms with van der Waals surface area (Å²) in [6, 6.07) is 23.4. The molecule has 1 atom stereocenters. The van der Waals surface area contributed by atoms with E-state index in [1.165, 1.54) is 17.0 Å². The molecule has 0 aliphatic heterocycles. The molecule has 12 heteroatoms. The largest absolute Gasteiger partial charge is 0.417 e. The number of halogens is 4. The first-order chi connectivity index (χ1) is 22.6. The summed E-state index contributed by atoms with van der Waals surface area (Å²) in [5.74, 6) is -1.26. The molecule has 254 valence electrons. The van der Waals surface area contributed by atoms with Crippen LogP contribution in [-0.2, 0) is 38.8 Å². The Morgan fingerprint density at radius 1 is 0.833 bits per heavy atom. The van der Waals surface area contributed by atoms with Crippen LogP contribution in [0.15, 0.2) is 102 Å². The number of aryl methyl sites for hydroxylation is 2. The molecule has 0 aliphatic carbocycles. The number of anilines is 1. The zero-order chi connectivity index (χ0) is 35.2. The van der Waals surface area contributed by atoms with Crippen molar-refractivity contribution in [2.75, 3.05) is 10.8 Å². The second-order valence-corrected chi connectivity index (χ2v) is 14.1. The molecule has 4 rings (SSSR count). The lowest BCUT2D eigenvalue weighted by molar-refractivity contribution is -0.140. The Labute approximate surface area is 284 Å². The van der Waals surface area contributed by atoms with Crippen LogP contribution in [0.2, 0.25) is 5.02 Å². The van der Waals surface area contributed by atoms with Gasteiger partial charge in [0.15, 0.2) is 0 Å². The van der Waals surface area contributed by atoms with Gasteiger partial charge in [0.2, 0.25) is 11.8 Å². The van der Waals surface area contributed by atoms with Crippen LogP contribution in [0.1, 0.15) is 41.7 Å². The van der Waals surface area contributed by atoms with Crippen molar-refractivity contribution in [1.82, 2.24) is 10.2 Å². The molecule has 0 saturated carbocycles. The lowest BCUT2D eigenvalue weighted by Gasteiger charge is -2.34. The second kappa shape index (κ2) is 15.3. The average molecular weight is 700 g/mol. The maximum absolute atomic E-state index is 14.5. The number of hydrogen-bond acceptors (Lipinski definition) is 4. The summed E-state index contributed by atoms with van der Waals surface area (Å²) < 4.78 is 70.8. The Morgan fingerprint density at radius 3 is 1.98 bits per heavy atom. The maximum Gasteiger partial charge on any atom is 0.417 e. The molecule has 4 aromatic rings. The first-order valence-corrected chi connectivity index (χ1v) is 17.0. The highest BCUT2D eigenvalue weighted by Crippen LogP contribution is 2.38. The lowest BCUT2D eigenvalue weighted by Crippen LogP contribution is -2.54. The van der Waals surface area contributed by atoms with Gasteiger partial charge in [-0.2, -0.15) is 13.2 Å². The van der Waals surface area contributed by atoms with E-state index in [1.807, 2.05) is 37.3 Å². The molecule has 1 N–H and O–H groups in total. The van der Waals surface area contributed by atoms with Gasteiger partial charge >= 0.3 is 6.18 Å². The monoisotopic (exact) mass is 699 g/mol. The highest BCUT2D eigenvalue weighted by Gasteiger charge is 2.37. The molecule has 48 heavy (non-hydrogen) atoms. The van der Waals surface area contributed by atoms with Crippen LogP contribution >= 0.6 is 11.6 Å². The van der Waals surface area contributed by atoms with Crippen LogP contribution < -0.4 is 9.62 Å². The summed E-state index contributed by atoms with van der Waals surface area (Å²) in [6.45, 7) is 6.23. The molecular weight excluding hydrogens is 663 g/mol. The van der Waals surface area contributed by atoms with Crippen LogP contribution in [-0.4, -0.2) is 43.8 Å². The number of sulfonamides is 1. The van der Waals surface area contributed by atoms with E-state index in [0.29, 0.717) is 15.9 Å². The number of nitrogens with zero attached hydrogens (tertiary/aromatic N) is 2. The third-order valence-electron chi connectivity index (χ3n) is 7.61. The topological polar surface area (TPSA) is 86.8 Å². The van der Waals surface area contributed by atoms with Crippen molar-refractivity contribution in [2.24, 2.45) is 0 Å². The molecule has 2 amide bonds. The van der Waals surface area contributed by atoms with Gasteiger partial charge < -0.3 is 10.2 Å². The fraction of sp³-hybridized carbons (Fsp3) is 0.278. The van der Waals surface area contributed by atoms with Gasteiger partial charge in [-0.25, -0.2) is 8.42 Å². The summed E-state index contributed by atoms with van der Waals surface area (Å²) >= 11 is 5.88. The predicted molar refractivity (Wildman–Crippen MR) is 181 cm³/mol. The second-order valence-electron chi connectivity index (χ2n) is 11.9. The first-order valence-electron chi connectivity index (χ1n) is 15.2. The van der Waals surface area contributed by atoms with Gasteiger partial charge in [-0.1, -0.05) is 89.5 Å². The Hall–Kier alpha value is -4.35. The molecule has 0 saturated heterocycles. The fourth-order valence-corrected chi connectivity index (χ4v) is 6.71. The van der Waals surface area contributed by atoms with Gasteiger partial charge in [-0.05, 0) is 69.2 Å². The van der Waals surface area contributed by atoms with Crippen LogP contribution in [0.3, 0.4) is 0 Å². The van der Waals surface area contributed by atoms with E-state index in [2.05, 4.69) is 5.32 Å². The number of amides is 2. The smallest absolute Gasteiger partial charge is 0.352 e. The standard InChI is InChI=1S/C36H37ClF3N3O4S/c1-24(2)41-35(45)33(20-27-8-6-5-7-9-27)42(22-28-14-10-25(3)11-15-28)34(44)23-43(48(46,47)30-17-12-26(4)13-18-30)29-16-19-32(37)31(21-29)36(38,39)40/h5-19,21,24,33H,20,22-23H2,1-4H3,(H,41,45)/t33-/m0/s1. The Kier molecular flexibility index (Phi) is 11.6. The van der Waals surface area contributed by atoms with Crippen molar-refractivity contribution in [2.45, 2.75) is 63.8 Å². The number of carbonyl (C=O) groups excluding carboxylic acids is 2. The van der Waals surface area contributed by atoms with Crippen molar-refractivity contribution in [1.29, 1.82) is 0 Å². The molecule has 0 radical (unpaired) electrons. The van der Waals surface area contributed by atoms with E-state index in [0.717, 1.165) is 28.8 Å². The quantitative estimate of drug-likeness (QED) is 0.168. The summed E-state index contributed by atoms with van der Waals surface area (Å²) in [5.41, 5.74) is 1.47. The van der Waals surface area contributed by atoms with Crippen molar-refractivity contribution in [3.8, 4) is 0 Å². The van der Waals surface area contributed by atoms with Gasteiger partial charge in [0, 0.05) is 19.0 Å². The molecule has 0 aliphatic rings. The SMILES string of the molecule is Cc1ccc(CN(C(=O)CN(c2ccc(Cl)c(C(F)(F)F)c2)S(=O)(=O)c2ccc(C)cc2)[C@@H](Cc2ccccc2)C(=O)NC(C)C)cc1. The summed E-state index contributed by atoms with van der Waals surface area (Å²) in [5, 5.41) is 2.24. The van der Waals surface area contributed by atoms with Gasteiger partial charge in [0.1, 0.15) is 12.6 Å². The van der Waals surface area contributed by atoms with E-state index >= 15 is 0 Å². The molecule has 4 aromatic carbocycles. The molecule has 0 fully saturated rings. The first kappa shape index (κ1) is 36.5.